The number of hydrogen-bond donors (Lipinski definition) is 3. The third-order valence-electron chi connectivity index (χ3n) is 5.10. The zero-order valence-electron chi connectivity index (χ0n) is 17.2. The summed E-state index contributed by atoms with van der Waals surface area (Å²) < 4.78 is 79.8. The SMILES string of the molecule is CCCC(CC)C(=N)CNCC(O)c1cc(C(F)(F)F)nc2c(C(F)(F)F)cccc12. The first kappa shape index (κ1) is 25.1. The molecule has 2 rings (SSSR count). The molecule has 3 N–H and O–H groups in total. The molecule has 172 valence electrons. The van der Waals surface area contributed by atoms with Crippen molar-refractivity contribution in [2.45, 2.75) is 51.6 Å². The predicted octanol–water partition coefficient (Wildman–Crippen LogP) is 5.74. The van der Waals surface area contributed by atoms with Crippen LogP contribution in [0.2, 0.25) is 0 Å². The molecule has 0 spiro atoms. The van der Waals surface area contributed by atoms with Crippen LogP contribution in [0.15, 0.2) is 24.3 Å². The van der Waals surface area contributed by atoms with Crippen LogP contribution in [0.5, 0.6) is 0 Å². The summed E-state index contributed by atoms with van der Waals surface area (Å²) in [5.74, 6) is 0.0579. The summed E-state index contributed by atoms with van der Waals surface area (Å²) in [4.78, 5) is 3.21. The van der Waals surface area contributed by atoms with Gasteiger partial charge in [-0.25, -0.2) is 4.98 Å². The van der Waals surface area contributed by atoms with Gasteiger partial charge in [-0.05, 0) is 36.5 Å². The summed E-state index contributed by atoms with van der Waals surface area (Å²) >= 11 is 0. The van der Waals surface area contributed by atoms with E-state index >= 15 is 0 Å². The number of aliphatic hydroxyl groups excluding tert-OH is 1. The highest BCUT2D eigenvalue weighted by Gasteiger charge is 2.38. The number of fused-ring (bicyclic) bond motifs is 1. The van der Waals surface area contributed by atoms with Gasteiger partial charge in [0.25, 0.3) is 0 Å². The Morgan fingerprint density at radius 1 is 1.13 bits per heavy atom. The normalized spacial score (nSPS) is 14.6. The number of nitrogens with zero attached hydrogens (tertiary/aromatic N) is 1. The Morgan fingerprint density at radius 2 is 1.81 bits per heavy atom. The fourth-order valence-corrected chi connectivity index (χ4v) is 3.50. The lowest BCUT2D eigenvalue weighted by molar-refractivity contribution is -0.142. The highest BCUT2D eigenvalue weighted by Crippen LogP contribution is 2.38. The molecule has 0 saturated heterocycles. The summed E-state index contributed by atoms with van der Waals surface area (Å²) in [7, 11) is 0. The lowest BCUT2D eigenvalue weighted by atomic mass is 9.95. The summed E-state index contributed by atoms with van der Waals surface area (Å²) in [5, 5.41) is 21.2. The molecular formula is C21H25F6N3O. The Morgan fingerprint density at radius 3 is 2.35 bits per heavy atom. The second kappa shape index (κ2) is 9.95. The van der Waals surface area contributed by atoms with Gasteiger partial charge in [-0.2, -0.15) is 26.3 Å². The van der Waals surface area contributed by atoms with Gasteiger partial charge < -0.3 is 15.8 Å². The summed E-state index contributed by atoms with van der Waals surface area (Å²) in [6.07, 6.45) is -8.92. The maximum Gasteiger partial charge on any atom is 0.433 e. The number of alkyl halides is 6. The molecule has 0 fully saturated rings. The van der Waals surface area contributed by atoms with Crippen molar-refractivity contribution in [2.24, 2.45) is 5.92 Å². The number of halogens is 6. The van der Waals surface area contributed by atoms with Crippen molar-refractivity contribution in [1.82, 2.24) is 10.3 Å². The smallest absolute Gasteiger partial charge is 0.387 e. The highest BCUT2D eigenvalue weighted by molar-refractivity contribution is 5.87. The standard InChI is InChI=1S/C21H25F6N3O/c1-3-6-12(4-2)16(28)10-29-11-17(31)14-9-18(21(25,26)27)30-19-13(14)7-5-8-15(19)20(22,23)24/h5,7-9,12,17,28-29,31H,3-4,6,10-11H2,1-2H3. The fourth-order valence-electron chi connectivity index (χ4n) is 3.50. The van der Waals surface area contributed by atoms with E-state index in [2.05, 4.69) is 10.3 Å². The first-order valence-electron chi connectivity index (χ1n) is 9.94. The number of aliphatic hydroxyl groups is 1. The molecule has 31 heavy (non-hydrogen) atoms. The van der Waals surface area contributed by atoms with Crippen LogP contribution >= 0.6 is 0 Å². The molecule has 0 radical (unpaired) electrons. The van der Waals surface area contributed by atoms with Gasteiger partial charge in [-0.3, -0.25) is 0 Å². The lowest BCUT2D eigenvalue weighted by Gasteiger charge is -2.20. The van der Waals surface area contributed by atoms with Crippen molar-refractivity contribution in [3.8, 4) is 0 Å². The second-order valence-electron chi connectivity index (χ2n) is 7.36. The van der Waals surface area contributed by atoms with Gasteiger partial charge in [0.1, 0.15) is 5.69 Å². The zero-order valence-corrected chi connectivity index (χ0v) is 17.2. The number of hydrogen-bond acceptors (Lipinski definition) is 4. The molecule has 10 heteroatoms. The highest BCUT2D eigenvalue weighted by atomic mass is 19.4. The molecule has 0 amide bonds. The maximum atomic E-state index is 13.3. The van der Waals surface area contributed by atoms with Crippen LogP contribution in [0.25, 0.3) is 10.9 Å². The molecule has 0 aliphatic rings. The van der Waals surface area contributed by atoms with Crippen molar-refractivity contribution >= 4 is 16.6 Å². The van der Waals surface area contributed by atoms with Gasteiger partial charge in [0.15, 0.2) is 0 Å². The Bertz CT molecular complexity index is 910. The first-order chi connectivity index (χ1) is 14.4. The molecule has 2 unspecified atom stereocenters. The van der Waals surface area contributed by atoms with Gasteiger partial charge in [0.05, 0.1) is 17.2 Å². The van der Waals surface area contributed by atoms with Gasteiger partial charge in [0.2, 0.25) is 0 Å². The molecule has 0 aliphatic carbocycles. The van der Waals surface area contributed by atoms with E-state index in [1.807, 2.05) is 13.8 Å². The lowest BCUT2D eigenvalue weighted by Crippen LogP contribution is -2.31. The number of para-hydroxylation sites is 1. The fraction of sp³-hybridized carbons (Fsp3) is 0.524. The molecular weight excluding hydrogens is 424 g/mol. The van der Waals surface area contributed by atoms with Crippen LogP contribution in [0, 0.1) is 11.3 Å². The molecule has 2 atom stereocenters. The molecule has 1 aromatic heterocycles. The number of rotatable bonds is 9. The minimum absolute atomic E-state index is 0.0579. The van der Waals surface area contributed by atoms with Crippen molar-refractivity contribution in [3.63, 3.8) is 0 Å². The van der Waals surface area contributed by atoms with E-state index in [1.54, 1.807) is 0 Å². The van der Waals surface area contributed by atoms with Gasteiger partial charge >= 0.3 is 12.4 Å². The molecule has 2 aromatic rings. The van der Waals surface area contributed by atoms with E-state index in [4.69, 9.17) is 5.41 Å². The Balaban J connectivity index is 2.36. The Kier molecular flexibility index (Phi) is 8.04. The summed E-state index contributed by atoms with van der Waals surface area (Å²) in [6, 6.07) is 3.50. The topological polar surface area (TPSA) is 69.0 Å². The second-order valence-corrected chi connectivity index (χ2v) is 7.36. The van der Waals surface area contributed by atoms with Crippen molar-refractivity contribution in [2.75, 3.05) is 13.1 Å². The first-order valence-corrected chi connectivity index (χ1v) is 9.94. The molecule has 0 saturated carbocycles. The average Bonchev–Trinajstić information content (AvgIpc) is 2.68. The third kappa shape index (κ3) is 6.16. The van der Waals surface area contributed by atoms with Crippen LogP contribution in [0.1, 0.15) is 56.0 Å². The number of nitrogens with one attached hydrogen (secondary N) is 2. The Labute approximate surface area is 176 Å². The van der Waals surface area contributed by atoms with E-state index in [0.29, 0.717) is 17.8 Å². The number of aromatic nitrogens is 1. The molecule has 1 heterocycles. The van der Waals surface area contributed by atoms with Crippen molar-refractivity contribution < 1.29 is 31.4 Å². The van der Waals surface area contributed by atoms with Crippen LogP contribution in [-0.2, 0) is 12.4 Å². The van der Waals surface area contributed by atoms with Crippen molar-refractivity contribution in [3.05, 3.63) is 41.1 Å². The zero-order chi connectivity index (χ0) is 23.4. The summed E-state index contributed by atoms with van der Waals surface area (Å²) in [6.45, 7) is 3.84. The molecule has 0 bridgehead atoms. The largest absolute Gasteiger partial charge is 0.433 e. The van der Waals surface area contributed by atoms with Crippen molar-refractivity contribution in [1.29, 1.82) is 5.41 Å². The summed E-state index contributed by atoms with van der Waals surface area (Å²) in [5.41, 5.74) is -3.56. The monoisotopic (exact) mass is 449 g/mol. The Hall–Kier alpha value is -2.20. The van der Waals surface area contributed by atoms with Gasteiger partial charge in [0, 0.05) is 24.2 Å². The maximum absolute atomic E-state index is 13.3. The minimum Gasteiger partial charge on any atom is -0.387 e. The number of benzene rings is 1. The quantitative estimate of drug-likeness (QED) is 0.338. The van der Waals surface area contributed by atoms with E-state index in [0.717, 1.165) is 25.3 Å². The van der Waals surface area contributed by atoms with Crippen LogP contribution < -0.4 is 5.32 Å². The van der Waals surface area contributed by atoms with Crippen LogP contribution in [-0.4, -0.2) is 28.9 Å². The molecule has 1 aromatic carbocycles. The number of pyridine rings is 1. The predicted molar refractivity (Wildman–Crippen MR) is 106 cm³/mol. The minimum atomic E-state index is -4.98. The van der Waals surface area contributed by atoms with Crippen LogP contribution in [0.3, 0.4) is 0 Å². The van der Waals surface area contributed by atoms with E-state index in [-0.39, 0.29) is 30.0 Å². The van der Waals surface area contributed by atoms with E-state index in [9.17, 15) is 31.4 Å². The van der Waals surface area contributed by atoms with E-state index < -0.39 is 35.2 Å². The average molecular weight is 449 g/mol. The van der Waals surface area contributed by atoms with Gasteiger partial charge in [-0.1, -0.05) is 32.4 Å². The molecule has 0 aliphatic heterocycles. The van der Waals surface area contributed by atoms with Crippen LogP contribution in [0.4, 0.5) is 26.3 Å². The van der Waals surface area contributed by atoms with Gasteiger partial charge in [-0.15, -0.1) is 0 Å². The third-order valence-corrected chi connectivity index (χ3v) is 5.10. The van der Waals surface area contributed by atoms with E-state index in [1.165, 1.54) is 6.07 Å². The molecule has 4 nitrogen and oxygen atoms in total.